The van der Waals surface area contributed by atoms with Crippen molar-refractivity contribution in [1.29, 1.82) is 0 Å². The number of rotatable bonds is 4. The summed E-state index contributed by atoms with van der Waals surface area (Å²) in [6, 6.07) is 8.63. The lowest BCUT2D eigenvalue weighted by Crippen LogP contribution is -2.07. The summed E-state index contributed by atoms with van der Waals surface area (Å²) >= 11 is 5.81. The Labute approximate surface area is 126 Å². The van der Waals surface area contributed by atoms with Crippen LogP contribution in [-0.2, 0) is 0 Å². The minimum absolute atomic E-state index is 0.00706. The van der Waals surface area contributed by atoms with Crippen LogP contribution in [0.15, 0.2) is 36.4 Å². The van der Waals surface area contributed by atoms with Gasteiger partial charge in [0.25, 0.3) is 0 Å². The monoisotopic (exact) mass is 307 g/mol. The van der Waals surface area contributed by atoms with Crippen LogP contribution >= 0.6 is 11.6 Å². The summed E-state index contributed by atoms with van der Waals surface area (Å²) in [5.74, 6) is -1.19. The predicted octanol–water partition coefficient (Wildman–Crippen LogP) is 3.62. The van der Waals surface area contributed by atoms with Gasteiger partial charge in [-0.3, -0.25) is 0 Å². The predicted molar refractivity (Wildman–Crippen MR) is 80.2 cm³/mol. The largest absolute Gasteiger partial charge is 0.508 e. The molecule has 2 aromatic rings. The van der Waals surface area contributed by atoms with Gasteiger partial charge in [-0.05, 0) is 42.8 Å². The molecule has 0 aliphatic carbocycles. The molecule has 0 saturated carbocycles. The van der Waals surface area contributed by atoms with Gasteiger partial charge in [-0.25, -0.2) is 4.79 Å². The number of aromatic hydroxyl groups is 2. The van der Waals surface area contributed by atoms with Crippen LogP contribution < -0.4 is 5.32 Å². The van der Waals surface area contributed by atoms with Crippen LogP contribution in [0.25, 0.3) is 0 Å². The molecular weight excluding hydrogens is 294 g/mol. The van der Waals surface area contributed by atoms with Crippen LogP contribution in [0, 0.1) is 0 Å². The first-order valence-corrected chi connectivity index (χ1v) is 6.57. The molecule has 0 aliphatic heterocycles. The van der Waals surface area contributed by atoms with Gasteiger partial charge in [-0.15, -0.1) is 0 Å². The fourth-order valence-corrected chi connectivity index (χ4v) is 2.18. The molecule has 110 valence electrons. The number of aromatic carboxylic acids is 1. The molecule has 0 aromatic heterocycles. The lowest BCUT2D eigenvalue weighted by molar-refractivity contribution is 0.0697. The highest BCUT2D eigenvalue weighted by Gasteiger charge is 2.12. The number of carboxylic acids is 1. The Morgan fingerprint density at radius 3 is 2.33 bits per heavy atom. The van der Waals surface area contributed by atoms with Crippen molar-refractivity contribution in [2.45, 2.75) is 13.0 Å². The number of carbonyl (C=O) groups is 1. The number of nitrogens with one attached hydrogen (secondary N) is 1. The van der Waals surface area contributed by atoms with Crippen molar-refractivity contribution in [2.75, 3.05) is 5.32 Å². The molecule has 1 atom stereocenters. The van der Waals surface area contributed by atoms with E-state index in [4.69, 9.17) is 16.7 Å². The molecule has 2 rings (SSSR count). The number of hydrogen-bond acceptors (Lipinski definition) is 4. The minimum Gasteiger partial charge on any atom is -0.508 e. The molecule has 0 aliphatic rings. The molecule has 6 heteroatoms. The summed E-state index contributed by atoms with van der Waals surface area (Å²) < 4.78 is 0. The van der Waals surface area contributed by atoms with E-state index in [9.17, 15) is 15.0 Å². The number of phenolic OH excluding ortho intramolecular Hbond substituents is 2. The summed E-state index contributed by atoms with van der Waals surface area (Å²) in [6.07, 6.45) is 0. The van der Waals surface area contributed by atoms with Crippen molar-refractivity contribution in [2.24, 2.45) is 0 Å². The average molecular weight is 308 g/mol. The molecule has 2 aromatic carbocycles. The Morgan fingerprint density at radius 1 is 1.14 bits per heavy atom. The highest BCUT2D eigenvalue weighted by Crippen LogP contribution is 2.28. The highest BCUT2D eigenvalue weighted by molar-refractivity contribution is 6.33. The van der Waals surface area contributed by atoms with E-state index in [1.54, 1.807) is 6.07 Å². The third-order valence-electron chi connectivity index (χ3n) is 3.00. The first-order valence-electron chi connectivity index (χ1n) is 6.19. The summed E-state index contributed by atoms with van der Waals surface area (Å²) in [6.45, 7) is 1.82. The second-order valence-corrected chi connectivity index (χ2v) is 5.06. The second kappa shape index (κ2) is 5.93. The number of hydrogen-bond donors (Lipinski definition) is 4. The molecule has 0 heterocycles. The Morgan fingerprint density at radius 2 is 1.76 bits per heavy atom. The smallest absolute Gasteiger partial charge is 0.337 e. The van der Waals surface area contributed by atoms with E-state index < -0.39 is 5.97 Å². The zero-order valence-corrected chi connectivity index (χ0v) is 11.9. The van der Waals surface area contributed by atoms with Crippen molar-refractivity contribution in [3.8, 4) is 11.5 Å². The van der Waals surface area contributed by atoms with Gasteiger partial charge < -0.3 is 20.6 Å². The van der Waals surface area contributed by atoms with Gasteiger partial charge >= 0.3 is 5.97 Å². The molecule has 4 N–H and O–H groups in total. The highest BCUT2D eigenvalue weighted by atomic mass is 35.5. The number of phenols is 2. The zero-order valence-electron chi connectivity index (χ0n) is 11.2. The summed E-state index contributed by atoms with van der Waals surface area (Å²) in [5, 5.41) is 31.2. The maximum absolute atomic E-state index is 11.0. The van der Waals surface area contributed by atoms with Gasteiger partial charge in [0.1, 0.15) is 11.5 Å². The number of benzene rings is 2. The lowest BCUT2D eigenvalue weighted by atomic mass is 10.1. The molecule has 0 saturated heterocycles. The van der Waals surface area contributed by atoms with Gasteiger partial charge in [0, 0.05) is 17.8 Å². The third kappa shape index (κ3) is 3.58. The van der Waals surface area contributed by atoms with E-state index in [2.05, 4.69) is 5.32 Å². The van der Waals surface area contributed by atoms with Crippen LogP contribution in [0.5, 0.6) is 11.5 Å². The van der Waals surface area contributed by atoms with Crippen molar-refractivity contribution < 1.29 is 20.1 Å². The maximum Gasteiger partial charge on any atom is 0.337 e. The number of carboxylic acid groups (broad SMARTS) is 1. The van der Waals surface area contributed by atoms with Crippen LogP contribution in [0.3, 0.4) is 0 Å². The average Bonchev–Trinajstić information content (AvgIpc) is 2.39. The van der Waals surface area contributed by atoms with E-state index in [0.717, 1.165) is 0 Å². The van der Waals surface area contributed by atoms with Gasteiger partial charge in [0.2, 0.25) is 0 Å². The van der Waals surface area contributed by atoms with Crippen molar-refractivity contribution in [3.05, 3.63) is 52.5 Å². The van der Waals surface area contributed by atoms with E-state index >= 15 is 0 Å². The van der Waals surface area contributed by atoms with Gasteiger partial charge in [-0.1, -0.05) is 11.6 Å². The Bertz CT molecular complexity index is 667. The maximum atomic E-state index is 11.0. The Balaban J connectivity index is 2.25. The number of anilines is 1. The Hall–Kier alpha value is -2.40. The van der Waals surface area contributed by atoms with Gasteiger partial charge in [-0.2, -0.15) is 0 Å². The zero-order chi connectivity index (χ0) is 15.6. The van der Waals surface area contributed by atoms with E-state index in [0.29, 0.717) is 11.3 Å². The van der Waals surface area contributed by atoms with Crippen molar-refractivity contribution in [1.82, 2.24) is 0 Å². The van der Waals surface area contributed by atoms with Gasteiger partial charge in [0.15, 0.2) is 0 Å². The minimum atomic E-state index is -1.11. The molecular formula is C15H14ClNO4. The summed E-state index contributed by atoms with van der Waals surface area (Å²) in [7, 11) is 0. The molecule has 0 fully saturated rings. The van der Waals surface area contributed by atoms with Gasteiger partial charge in [0.05, 0.1) is 10.6 Å². The normalized spacial score (nSPS) is 11.9. The first kappa shape index (κ1) is 15.0. The van der Waals surface area contributed by atoms with E-state index in [1.165, 1.54) is 30.3 Å². The molecule has 21 heavy (non-hydrogen) atoms. The van der Waals surface area contributed by atoms with Crippen LogP contribution in [-0.4, -0.2) is 21.3 Å². The van der Waals surface area contributed by atoms with E-state index in [-0.39, 0.29) is 28.1 Å². The molecule has 0 radical (unpaired) electrons. The SMILES string of the molecule is CC(Nc1ccc(Cl)c(C(=O)O)c1)c1cc(O)cc(O)c1. The van der Waals surface area contributed by atoms with Crippen molar-refractivity contribution >= 4 is 23.3 Å². The second-order valence-electron chi connectivity index (χ2n) is 4.65. The third-order valence-corrected chi connectivity index (χ3v) is 3.33. The summed E-state index contributed by atoms with van der Waals surface area (Å²) in [4.78, 5) is 11.0. The fraction of sp³-hybridized carbons (Fsp3) is 0.133. The first-order chi connectivity index (χ1) is 9.86. The summed E-state index contributed by atoms with van der Waals surface area (Å²) in [5.41, 5.74) is 1.25. The molecule has 0 amide bonds. The molecule has 5 nitrogen and oxygen atoms in total. The van der Waals surface area contributed by atoms with Crippen molar-refractivity contribution in [3.63, 3.8) is 0 Å². The number of halogens is 1. The quantitative estimate of drug-likeness (QED) is 0.692. The molecule has 0 spiro atoms. The lowest BCUT2D eigenvalue weighted by Gasteiger charge is -2.17. The Kier molecular flexibility index (Phi) is 4.23. The topological polar surface area (TPSA) is 89.8 Å². The fourth-order valence-electron chi connectivity index (χ4n) is 1.98. The molecule has 1 unspecified atom stereocenters. The standard InChI is InChI=1S/C15H14ClNO4/c1-8(9-4-11(18)7-12(19)5-9)17-10-2-3-14(16)13(6-10)15(20)21/h2-8,17-19H,1H3,(H,20,21). The molecule has 0 bridgehead atoms. The van der Waals surface area contributed by atoms with Crippen LogP contribution in [0.2, 0.25) is 5.02 Å². The van der Waals surface area contributed by atoms with Crippen LogP contribution in [0.4, 0.5) is 5.69 Å². The van der Waals surface area contributed by atoms with E-state index in [1.807, 2.05) is 6.92 Å². The van der Waals surface area contributed by atoms with Crippen LogP contribution in [0.1, 0.15) is 28.9 Å².